The van der Waals surface area contributed by atoms with Crippen molar-refractivity contribution >= 4 is 40.9 Å². The Bertz CT molecular complexity index is 1320. The number of hydrogen-bond acceptors (Lipinski definition) is 9. The zero-order valence-electron chi connectivity index (χ0n) is 23.5. The number of nitrogens with two attached hydrogens (primary N) is 1. The highest BCUT2D eigenvalue weighted by Gasteiger charge is 2.34. The molecular weight excluding hydrogens is 552 g/mol. The molecule has 0 radical (unpaired) electrons. The number of nitrogens with zero attached hydrogens (tertiary/aromatic N) is 2. The topological polar surface area (TPSA) is 159 Å². The molecule has 222 valence electrons. The van der Waals surface area contributed by atoms with Gasteiger partial charge in [-0.25, -0.2) is 4.79 Å². The van der Waals surface area contributed by atoms with Gasteiger partial charge in [0, 0.05) is 39.0 Å². The molecular formula is C28H37ClN6O6. The lowest BCUT2D eigenvalue weighted by Gasteiger charge is -2.37. The average Bonchev–Trinajstić information content (AvgIpc) is 2.93. The van der Waals surface area contributed by atoms with Gasteiger partial charge < -0.3 is 35.7 Å². The van der Waals surface area contributed by atoms with Crippen molar-refractivity contribution < 1.29 is 23.9 Å². The Kier molecular flexibility index (Phi) is 9.69. The van der Waals surface area contributed by atoms with E-state index < -0.39 is 23.2 Å². The molecule has 0 saturated carbocycles. The SMILES string of the molecule is CO[C@@H]1CN(CC(=O)Nc2ccc(C(=O)OC3(C)CCN(C)CC3)cc2)CC[C@@H]1NC(=O)c1cc(Cl)c(N)[nH]c1=O. The Morgan fingerprint density at radius 3 is 2.51 bits per heavy atom. The Morgan fingerprint density at radius 1 is 1.17 bits per heavy atom. The van der Waals surface area contributed by atoms with Crippen LogP contribution in [0.15, 0.2) is 35.1 Å². The zero-order valence-corrected chi connectivity index (χ0v) is 24.3. The van der Waals surface area contributed by atoms with E-state index in [1.165, 1.54) is 13.2 Å². The molecule has 2 saturated heterocycles. The van der Waals surface area contributed by atoms with Gasteiger partial charge in [-0.15, -0.1) is 0 Å². The van der Waals surface area contributed by atoms with Gasteiger partial charge in [0.25, 0.3) is 11.5 Å². The predicted molar refractivity (Wildman–Crippen MR) is 155 cm³/mol. The number of methoxy groups -OCH3 is 1. The number of anilines is 2. The van der Waals surface area contributed by atoms with E-state index in [0.29, 0.717) is 30.8 Å². The van der Waals surface area contributed by atoms with Crippen LogP contribution < -0.4 is 21.9 Å². The molecule has 13 heteroatoms. The molecule has 1 aromatic carbocycles. The summed E-state index contributed by atoms with van der Waals surface area (Å²) in [5, 5.41) is 5.76. The Balaban J connectivity index is 1.26. The zero-order chi connectivity index (χ0) is 29.7. The number of amides is 2. The number of likely N-dealkylation sites (tertiary alicyclic amines) is 2. The van der Waals surface area contributed by atoms with Crippen LogP contribution in [0.2, 0.25) is 5.02 Å². The van der Waals surface area contributed by atoms with Crippen LogP contribution in [0.1, 0.15) is 46.9 Å². The molecule has 3 heterocycles. The Hall–Kier alpha value is -3.45. The third kappa shape index (κ3) is 7.85. The molecule has 2 atom stereocenters. The van der Waals surface area contributed by atoms with Gasteiger partial charge in [0.05, 0.1) is 29.3 Å². The van der Waals surface area contributed by atoms with Crippen molar-refractivity contribution in [2.24, 2.45) is 0 Å². The smallest absolute Gasteiger partial charge is 0.338 e. The molecule has 2 fully saturated rings. The van der Waals surface area contributed by atoms with Crippen LogP contribution in [-0.4, -0.2) is 97.2 Å². The van der Waals surface area contributed by atoms with Crippen LogP contribution in [0.25, 0.3) is 0 Å². The van der Waals surface area contributed by atoms with E-state index >= 15 is 0 Å². The number of piperidine rings is 2. The molecule has 2 aromatic rings. The van der Waals surface area contributed by atoms with Crippen molar-refractivity contribution in [1.29, 1.82) is 0 Å². The second kappa shape index (κ2) is 13.0. The number of rotatable bonds is 8. The van der Waals surface area contributed by atoms with Crippen molar-refractivity contribution in [2.45, 2.75) is 43.9 Å². The maximum atomic E-state index is 12.7. The lowest BCUT2D eigenvalue weighted by molar-refractivity contribution is -0.118. The summed E-state index contributed by atoms with van der Waals surface area (Å²) < 4.78 is 11.4. The summed E-state index contributed by atoms with van der Waals surface area (Å²) in [4.78, 5) is 56.8. The first-order valence-electron chi connectivity index (χ1n) is 13.5. The number of hydrogen-bond donors (Lipinski definition) is 4. The largest absolute Gasteiger partial charge is 0.456 e. The Morgan fingerprint density at radius 2 is 1.85 bits per heavy atom. The summed E-state index contributed by atoms with van der Waals surface area (Å²) in [6.45, 7) is 4.76. The number of pyridine rings is 1. The molecule has 4 rings (SSSR count). The molecule has 12 nitrogen and oxygen atoms in total. The fourth-order valence-corrected chi connectivity index (χ4v) is 5.19. The Labute approximate surface area is 243 Å². The molecule has 1 aromatic heterocycles. The number of carbonyl (C=O) groups is 3. The van der Waals surface area contributed by atoms with Crippen molar-refractivity contribution in [3.05, 3.63) is 56.8 Å². The fraction of sp³-hybridized carbons (Fsp3) is 0.500. The van der Waals surface area contributed by atoms with E-state index in [1.54, 1.807) is 24.3 Å². The van der Waals surface area contributed by atoms with Crippen LogP contribution in [-0.2, 0) is 14.3 Å². The van der Waals surface area contributed by atoms with Gasteiger partial charge in [0.2, 0.25) is 5.91 Å². The number of halogens is 1. The first-order valence-corrected chi connectivity index (χ1v) is 13.9. The van der Waals surface area contributed by atoms with Gasteiger partial charge in [-0.2, -0.15) is 0 Å². The van der Waals surface area contributed by atoms with Crippen LogP contribution >= 0.6 is 11.6 Å². The number of ether oxygens (including phenoxy) is 2. The molecule has 41 heavy (non-hydrogen) atoms. The lowest BCUT2D eigenvalue weighted by Crippen LogP contribution is -2.56. The minimum absolute atomic E-state index is 0.00885. The molecule has 0 aliphatic carbocycles. The summed E-state index contributed by atoms with van der Waals surface area (Å²) >= 11 is 5.95. The van der Waals surface area contributed by atoms with Crippen LogP contribution in [0.3, 0.4) is 0 Å². The third-order valence-corrected chi connectivity index (χ3v) is 8.00. The molecule has 0 bridgehead atoms. The van der Waals surface area contributed by atoms with Crippen molar-refractivity contribution in [3.8, 4) is 0 Å². The number of carbonyl (C=O) groups excluding carboxylic acids is 3. The molecule has 5 N–H and O–H groups in total. The second-order valence-corrected chi connectivity index (χ2v) is 11.3. The van der Waals surface area contributed by atoms with Gasteiger partial charge in [-0.05, 0) is 63.6 Å². The van der Waals surface area contributed by atoms with Gasteiger partial charge >= 0.3 is 5.97 Å². The number of nitrogen functional groups attached to an aromatic ring is 1. The number of aromatic nitrogens is 1. The summed E-state index contributed by atoms with van der Waals surface area (Å²) in [6, 6.07) is 7.51. The lowest BCUT2D eigenvalue weighted by atomic mass is 9.93. The van der Waals surface area contributed by atoms with Crippen molar-refractivity contribution in [1.82, 2.24) is 20.1 Å². The molecule has 2 aliphatic heterocycles. The van der Waals surface area contributed by atoms with E-state index in [-0.39, 0.29) is 40.9 Å². The van der Waals surface area contributed by atoms with E-state index in [9.17, 15) is 19.2 Å². The number of esters is 1. The molecule has 2 amide bonds. The summed E-state index contributed by atoms with van der Waals surface area (Å²) in [5.41, 5.74) is 5.32. The first-order chi connectivity index (χ1) is 19.5. The fourth-order valence-electron chi connectivity index (χ4n) is 5.03. The summed E-state index contributed by atoms with van der Waals surface area (Å²) in [5.74, 6) is -1.19. The van der Waals surface area contributed by atoms with E-state index in [1.807, 2.05) is 11.8 Å². The third-order valence-electron chi connectivity index (χ3n) is 7.68. The van der Waals surface area contributed by atoms with Crippen LogP contribution in [0.4, 0.5) is 11.5 Å². The van der Waals surface area contributed by atoms with Crippen LogP contribution in [0.5, 0.6) is 0 Å². The average molecular weight is 589 g/mol. The summed E-state index contributed by atoms with van der Waals surface area (Å²) in [6.07, 6.45) is 1.67. The maximum Gasteiger partial charge on any atom is 0.338 e. The second-order valence-electron chi connectivity index (χ2n) is 10.9. The van der Waals surface area contributed by atoms with Gasteiger partial charge in [-0.1, -0.05) is 11.6 Å². The van der Waals surface area contributed by atoms with Gasteiger partial charge in [0.1, 0.15) is 17.0 Å². The van der Waals surface area contributed by atoms with Gasteiger partial charge in [-0.3, -0.25) is 19.3 Å². The van der Waals surface area contributed by atoms with E-state index in [4.69, 9.17) is 26.8 Å². The van der Waals surface area contributed by atoms with Crippen LogP contribution in [0, 0.1) is 0 Å². The number of H-pyrrole nitrogens is 1. The minimum Gasteiger partial charge on any atom is -0.456 e. The maximum absolute atomic E-state index is 12.7. The summed E-state index contributed by atoms with van der Waals surface area (Å²) in [7, 11) is 3.58. The number of nitrogens with one attached hydrogen (secondary N) is 3. The van der Waals surface area contributed by atoms with Crippen molar-refractivity contribution in [3.63, 3.8) is 0 Å². The molecule has 0 spiro atoms. The molecule has 2 aliphatic rings. The van der Waals surface area contributed by atoms with Crippen molar-refractivity contribution in [2.75, 3.05) is 57.9 Å². The monoisotopic (exact) mass is 588 g/mol. The molecule has 0 unspecified atom stereocenters. The first kappa shape index (κ1) is 30.5. The van der Waals surface area contributed by atoms with E-state index in [2.05, 4.69) is 27.6 Å². The number of aromatic amines is 1. The minimum atomic E-state index is -0.635. The predicted octanol–water partition coefficient (Wildman–Crippen LogP) is 1.71. The highest BCUT2D eigenvalue weighted by Crippen LogP contribution is 2.27. The number of benzene rings is 1. The highest BCUT2D eigenvalue weighted by atomic mass is 35.5. The quantitative estimate of drug-likeness (QED) is 0.337. The van der Waals surface area contributed by atoms with Gasteiger partial charge in [0.15, 0.2) is 0 Å². The van der Waals surface area contributed by atoms with E-state index in [0.717, 1.165) is 25.9 Å². The highest BCUT2D eigenvalue weighted by molar-refractivity contribution is 6.33. The standard InChI is InChI=1S/C28H37ClN6O6/c1-28(9-12-34(2)13-10-28)41-27(39)17-4-6-18(7-5-17)31-23(36)16-35-11-8-21(22(15-35)40-3)32-25(37)19-14-20(29)24(30)33-26(19)38/h4-7,14,21-22H,8-13,15-16H2,1-3H3,(H,31,36)(H,32,37)(H3,30,33,38)/t21-,22+/m0/s1. The normalized spacial score (nSPS) is 21.2.